The third-order valence-corrected chi connectivity index (χ3v) is 3.68. The van der Waals surface area contributed by atoms with Gasteiger partial charge in [-0.2, -0.15) is 0 Å². The van der Waals surface area contributed by atoms with Crippen LogP contribution in [0.3, 0.4) is 0 Å². The summed E-state index contributed by atoms with van der Waals surface area (Å²) < 4.78 is 11.9. The number of allylic oxidation sites excluding steroid dienone is 2. The quantitative estimate of drug-likeness (QED) is 0.278. The molecule has 3 heteroatoms. The Balaban J connectivity index is 3.07. The Bertz CT molecular complexity index is 252. The van der Waals surface area contributed by atoms with Crippen LogP contribution >= 0.6 is 0 Å². The summed E-state index contributed by atoms with van der Waals surface area (Å²) in [6, 6.07) is 0. The standard InChI is InChI=1S/C18H33FO2/c19-17-15-13-11-9-7-5-3-1-2-4-6-8-10-12-14-16-18(20)21/h1-2H,3-17H2,(H,20,21)/b2-1+. The van der Waals surface area contributed by atoms with Crippen LogP contribution in [0.2, 0.25) is 0 Å². The van der Waals surface area contributed by atoms with Crippen LogP contribution in [0.1, 0.15) is 89.9 Å². The van der Waals surface area contributed by atoms with E-state index in [1.807, 2.05) is 0 Å². The minimum absolute atomic E-state index is 0.164. The average Bonchev–Trinajstić information content (AvgIpc) is 2.46. The first-order chi connectivity index (χ1) is 10.3. The minimum atomic E-state index is -0.680. The summed E-state index contributed by atoms with van der Waals surface area (Å²) in [7, 11) is 0. The van der Waals surface area contributed by atoms with Gasteiger partial charge in [-0.3, -0.25) is 9.18 Å². The summed E-state index contributed by atoms with van der Waals surface area (Å²) in [6.45, 7) is -0.164. The maximum atomic E-state index is 11.9. The molecule has 0 aliphatic rings. The van der Waals surface area contributed by atoms with Gasteiger partial charge in [0.25, 0.3) is 0 Å². The van der Waals surface area contributed by atoms with E-state index >= 15 is 0 Å². The fourth-order valence-corrected chi connectivity index (χ4v) is 2.37. The lowest BCUT2D eigenvalue weighted by Gasteiger charge is -1.99. The van der Waals surface area contributed by atoms with Crippen LogP contribution in [0.25, 0.3) is 0 Å². The Morgan fingerprint density at radius 3 is 1.62 bits per heavy atom. The number of aliphatic carboxylic acids is 1. The number of hydrogen-bond donors (Lipinski definition) is 1. The van der Waals surface area contributed by atoms with Crippen LogP contribution in [-0.2, 0) is 4.79 Å². The highest BCUT2D eigenvalue weighted by Crippen LogP contribution is 2.10. The number of carboxylic acid groups (broad SMARTS) is 1. The van der Waals surface area contributed by atoms with E-state index in [9.17, 15) is 9.18 Å². The molecule has 0 saturated carbocycles. The molecule has 0 radical (unpaired) electrons. The Labute approximate surface area is 129 Å². The van der Waals surface area contributed by atoms with Gasteiger partial charge in [0.05, 0.1) is 6.67 Å². The fourth-order valence-electron chi connectivity index (χ4n) is 2.37. The molecule has 0 rings (SSSR count). The van der Waals surface area contributed by atoms with Gasteiger partial charge in [0.1, 0.15) is 0 Å². The molecule has 0 aromatic rings. The molecule has 0 heterocycles. The zero-order chi connectivity index (χ0) is 15.6. The van der Waals surface area contributed by atoms with Gasteiger partial charge in [0.15, 0.2) is 0 Å². The zero-order valence-electron chi connectivity index (χ0n) is 13.5. The summed E-state index contributed by atoms with van der Waals surface area (Å²) in [5, 5.41) is 8.50. The molecule has 0 aliphatic heterocycles. The summed E-state index contributed by atoms with van der Waals surface area (Å²) in [5.41, 5.74) is 0. The van der Waals surface area contributed by atoms with Crippen molar-refractivity contribution in [1.82, 2.24) is 0 Å². The first-order valence-corrected chi connectivity index (χ1v) is 8.70. The normalized spacial score (nSPS) is 11.3. The molecule has 124 valence electrons. The van der Waals surface area contributed by atoms with Crippen LogP contribution in [0, 0.1) is 0 Å². The molecule has 1 N–H and O–H groups in total. The molecule has 0 fully saturated rings. The van der Waals surface area contributed by atoms with Crippen LogP contribution < -0.4 is 0 Å². The average molecular weight is 300 g/mol. The van der Waals surface area contributed by atoms with Crippen LogP contribution in [0.15, 0.2) is 12.2 Å². The van der Waals surface area contributed by atoms with Crippen molar-refractivity contribution >= 4 is 5.97 Å². The van der Waals surface area contributed by atoms with Crippen LogP contribution in [0.5, 0.6) is 0 Å². The maximum Gasteiger partial charge on any atom is 0.303 e. The maximum absolute atomic E-state index is 11.9. The van der Waals surface area contributed by atoms with Crippen molar-refractivity contribution in [3.63, 3.8) is 0 Å². The first kappa shape index (κ1) is 20.1. The molecule has 0 bridgehead atoms. The lowest BCUT2D eigenvalue weighted by Crippen LogP contribution is -1.93. The Hall–Kier alpha value is -0.860. The van der Waals surface area contributed by atoms with Crippen LogP contribution in [0.4, 0.5) is 4.39 Å². The highest BCUT2D eigenvalue weighted by molar-refractivity contribution is 5.66. The van der Waals surface area contributed by atoms with Crippen molar-refractivity contribution < 1.29 is 14.3 Å². The molecule has 0 aromatic heterocycles. The molecule has 2 nitrogen and oxygen atoms in total. The number of alkyl halides is 1. The largest absolute Gasteiger partial charge is 0.481 e. The lowest BCUT2D eigenvalue weighted by molar-refractivity contribution is -0.137. The SMILES string of the molecule is O=C(O)CCCCCCC/C=C/CCCCCCCCF. The van der Waals surface area contributed by atoms with E-state index in [2.05, 4.69) is 12.2 Å². The fraction of sp³-hybridized carbons (Fsp3) is 0.833. The third-order valence-electron chi connectivity index (χ3n) is 3.68. The number of carboxylic acids is 1. The van der Waals surface area contributed by atoms with Crippen molar-refractivity contribution in [3.8, 4) is 0 Å². The predicted molar refractivity (Wildman–Crippen MR) is 87.4 cm³/mol. The van der Waals surface area contributed by atoms with Crippen molar-refractivity contribution in [2.24, 2.45) is 0 Å². The summed E-state index contributed by atoms with van der Waals surface area (Å²) in [5.74, 6) is -0.680. The molecule has 0 aromatic carbocycles. The molecule has 21 heavy (non-hydrogen) atoms. The van der Waals surface area contributed by atoms with Gasteiger partial charge in [-0.05, 0) is 38.5 Å². The van der Waals surface area contributed by atoms with E-state index in [0.29, 0.717) is 6.42 Å². The Morgan fingerprint density at radius 1 is 0.714 bits per heavy atom. The molecule has 0 saturated heterocycles. The number of carbonyl (C=O) groups is 1. The molecule has 0 unspecified atom stereocenters. The van der Waals surface area contributed by atoms with Crippen molar-refractivity contribution in [3.05, 3.63) is 12.2 Å². The monoisotopic (exact) mass is 300 g/mol. The van der Waals surface area contributed by atoms with Crippen molar-refractivity contribution in [2.45, 2.75) is 89.9 Å². The molecule has 0 amide bonds. The number of hydrogen-bond acceptors (Lipinski definition) is 1. The second kappa shape index (κ2) is 17.2. The van der Waals surface area contributed by atoms with Gasteiger partial charge < -0.3 is 5.11 Å². The zero-order valence-corrected chi connectivity index (χ0v) is 13.5. The highest BCUT2D eigenvalue weighted by atomic mass is 19.1. The molecular weight excluding hydrogens is 267 g/mol. The molecular formula is C18H33FO2. The second-order valence-electron chi connectivity index (χ2n) is 5.77. The Kier molecular flexibility index (Phi) is 16.5. The summed E-state index contributed by atoms with van der Waals surface area (Å²) in [4.78, 5) is 10.3. The highest BCUT2D eigenvalue weighted by Gasteiger charge is 1.95. The first-order valence-electron chi connectivity index (χ1n) is 8.70. The molecule has 0 aliphatic carbocycles. The van der Waals surface area contributed by atoms with E-state index in [-0.39, 0.29) is 6.67 Å². The predicted octanol–water partition coefficient (Wildman–Crippen LogP) is 6.06. The van der Waals surface area contributed by atoms with E-state index in [4.69, 9.17) is 5.11 Å². The number of halogens is 1. The van der Waals surface area contributed by atoms with E-state index in [1.165, 1.54) is 44.9 Å². The molecule has 0 spiro atoms. The molecule has 0 atom stereocenters. The van der Waals surface area contributed by atoms with Gasteiger partial charge in [-0.15, -0.1) is 0 Å². The van der Waals surface area contributed by atoms with Gasteiger partial charge in [0, 0.05) is 6.42 Å². The summed E-state index contributed by atoms with van der Waals surface area (Å²) >= 11 is 0. The minimum Gasteiger partial charge on any atom is -0.481 e. The topological polar surface area (TPSA) is 37.3 Å². The third kappa shape index (κ3) is 19.1. The van der Waals surface area contributed by atoms with Gasteiger partial charge in [-0.1, -0.05) is 57.1 Å². The van der Waals surface area contributed by atoms with E-state index in [0.717, 1.165) is 38.5 Å². The lowest BCUT2D eigenvalue weighted by atomic mass is 10.1. The van der Waals surface area contributed by atoms with E-state index < -0.39 is 5.97 Å². The second-order valence-corrected chi connectivity index (χ2v) is 5.77. The van der Waals surface area contributed by atoms with Gasteiger partial charge in [-0.25, -0.2) is 0 Å². The van der Waals surface area contributed by atoms with Gasteiger partial charge in [0.2, 0.25) is 0 Å². The van der Waals surface area contributed by atoms with Crippen molar-refractivity contribution in [1.29, 1.82) is 0 Å². The summed E-state index contributed by atoms with van der Waals surface area (Å²) in [6.07, 6.45) is 19.3. The van der Waals surface area contributed by atoms with Crippen molar-refractivity contribution in [2.75, 3.05) is 6.67 Å². The van der Waals surface area contributed by atoms with E-state index in [1.54, 1.807) is 0 Å². The number of unbranched alkanes of at least 4 members (excludes halogenated alkanes) is 11. The van der Waals surface area contributed by atoms with Gasteiger partial charge >= 0.3 is 5.97 Å². The Morgan fingerprint density at radius 2 is 1.14 bits per heavy atom. The smallest absolute Gasteiger partial charge is 0.303 e. The number of rotatable bonds is 16. The van der Waals surface area contributed by atoms with Crippen LogP contribution in [-0.4, -0.2) is 17.8 Å².